The molecule has 3 N–H and O–H groups in total. The molecule has 1 unspecified atom stereocenters. The summed E-state index contributed by atoms with van der Waals surface area (Å²) in [5, 5.41) is 5.01. The highest BCUT2D eigenvalue weighted by molar-refractivity contribution is 7.13. The molecule has 1 aliphatic heterocycles. The molecule has 7 heteroatoms. The Kier molecular flexibility index (Phi) is 4.51. The quantitative estimate of drug-likeness (QED) is 0.815. The molecular weight excluding hydrogens is 252 g/mol. The van der Waals surface area contributed by atoms with Gasteiger partial charge in [-0.15, -0.1) is 11.3 Å². The number of carbonyl (C=O) groups is 1. The second-order valence-corrected chi connectivity index (χ2v) is 5.25. The van der Waals surface area contributed by atoms with Crippen molar-refractivity contribution in [1.82, 2.24) is 15.2 Å². The molecule has 0 bridgehead atoms. The lowest BCUT2D eigenvalue weighted by Crippen LogP contribution is -2.46. The first-order valence-electron chi connectivity index (χ1n) is 5.97. The molecule has 1 amide bonds. The van der Waals surface area contributed by atoms with E-state index >= 15 is 0 Å². The molecule has 0 radical (unpaired) electrons. The Morgan fingerprint density at radius 2 is 2.39 bits per heavy atom. The van der Waals surface area contributed by atoms with Crippen molar-refractivity contribution in [2.45, 2.75) is 13.0 Å². The van der Waals surface area contributed by atoms with Gasteiger partial charge in [-0.3, -0.25) is 9.69 Å². The molecule has 1 fully saturated rings. The minimum Gasteiger partial charge on any atom is -0.379 e. The normalized spacial score (nSPS) is 18.5. The molecule has 1 aromatic rings. The fraction of sp³-hybridized carbons (Fsp3) is 0.636. The van der Waals surface area contributed by atoms with Crippen molar-refractivity contribution in [2.75, 3.05) is 38.6 Å². The monoisotopic (exact) mass is 270 g/mol. The van der Waals surface area contributed by atoms with E-state index in [4.69, 9.17) is 10.5 Å². The third-order valence-corrected chi connectivity index (χ3v) is 3.44. The zero-order valence-corrected chi connectivity index (χ0v) is 11.2. The number of thiazole rings is 1. The maximum Gasteiger partial charge on any atom is 0.271 e. The SMILES string of the molecule is CC(CN1CCOCC1)NC(=O)c1csc(N)n1. The van der Waals surface area contributed by atoms with Crippen LogP contribution in [0.4, 0.5) is 5.13 Å². The fourth-order valence-corrected chi connectivity index (χ4v) is 2.45. The van der Waals surface area contributed by atoms with Gasteiger partial charge >= 0.3 is 0 Å². The van der Waals surface area contributed by atoms with Crippen molar-refractivity contribution in [3.05, 3.63) is 11.1 Å². The van der Waals surface area contributed by atoms with Gasteiger partial charge in [0.25, 0.3) is 5.91 Å². The minimum atomic E-state index is -0.163. The maximum absolute atomic E-state index is 11.8. The average molecular weight is 270 g/mol. The van der Waals surface area contributed by atoms with E-state index in [9.17, 15) is 4.79 Å². The first-order valence-corrected chi connectivity index (χ1v) is 6.85. The number of nitrogens with one attached hydrogen (secondary N) is 1. The van der Waals surface area contributed by atoms with E-state index in [0.29, 0.717) is 10.8 Å². The van der Waals surface area contributed by atoms with Crippen LogP contribution in [0.15, 0.2) is 5.38 Å². The van der Waals surface area contributed by atoms with Crippen LogP contribution in [0.25, 0.3) is 0 Å². The Morgan fingerprint density at radius 3 is 3.00 bits per heavy atom. The van der Waals surface area contributed by atoms with Gasteiger partial charge in [0, 0.05) is 31.1 Å². The van der Waals surface area contributed by atoms with Gasteiger partial charge in [-0.25, -0.2) is 4.98 Å². The molecule has 100 valence electrons. The van der Waals surface area contributed by atoms with Crippen molar-refractivity contribution in [2.24, 2.45) is 0 Å². The van der Waals surface area contributed by atoms with Crippen molar-refractivity contribution >= 4 is 22.4 Å². The summed E-state index contributed by atoms with van der Waals surface area (Å²) in [7, 11) is 0. The molecule has 1 saturated heterocycles. The molecule has 0 spiro atoms. The molecule has 1 aliphatic rings. The predicted molar refractivity (Wildman–Crippen MR) is 70.7 cm³/mol. The highest BCUT2D eigenvalue weighted by Gasteiger charge is 2.17. The van der Waals surface area contributed by atoms with E-state index in [2.05, 4.69) is 15.2 Å². The van der Waals surface area contributed by atoms with Crippen LogP contribution in [0.5, 0.6) is 0 Å². The summed E-state index contributed by atoms with van der Waals surface area (Å²) in [4.78, 5) is 18.1. The van der Waals surface area contributed by atoms with Crippen molar-refractivity contribution < 1.29 is 9.53 Å². The minimum absolute atomic E-state index is 0.0820. The molecule has 1 atom stereocenters. The molecule has 2 heterocycles. The lowest BCUT2D eigenvalue weighted by Gasteiger charge is -2.29. The summed E-state index contributed by atoms with van der Waals surface area (Å²) < 4.78 is 5.28. The first-order chi connectivity index (χ1) is 8.65. The van der Waals surface area contributed by atoms with Gasteiger partial charge in [0.05, 0.1) is 13.2 Å². The number of hydrogen-bond donors (Lipinski definition) is 2. The van der Waals surface area contributed by atoms with Crippen LogP contribution in [0.1, 0.15) is 17.4 Å². The second kappa shape index (κ2) is 6.12. The van der Waals surface area contributed by atoms with Crippen LogP contribution in [0, 0.1) is 0 Å². The Hall–Kier alpha value is -1.18. The van der Waals surface area contributed by atoms with Crippen LogP contribution in [0.3, 0.4) is 0 Å². The van der Waals surface area contributed by atoms with Gasteiger partial charge in [-0.1, -0.05) is 0 Å². The number of nitrogens with zero attached hydrogens (tertiary/aromatic N) is 2. The van der Waals surface area contributed by atoms with Crippen LogP contribution >= 0.6 is 11.3 Å². The third-order valence-electron chi connectivity index (χ3n) is 2.77. The second-order valence-electron chi connectivity index (χ2n) is 4.36. The van der Waals surface area contributed by atoms with Crippen LogP contribution in [-0.2, 0) is 4.74 Å². The zero-order valence-electron chi connectivity index (χ0n) is 10.4. The smallest absolute Gasteiger partial charge is 0.271 e. The number of ether oxygens (including phenoxy) is 1. The molecule has 2 rings (SSSR count). The lowest BCUT2D eigenvalue weighted by atomic mass is 10.2. The van der Waals surface area contributed by atoms with Crippen LogP contribution in [-0.4, -0.2) is 54.7 Å². The Bertz CT molecular complexity index is 404. The average Bonchev–Trinajstić information content (AvgIpc) is 2.77. The molecule has 0 aromatic carbocycles. The first kappa shape index (κ1) is 13.3. The van der Waals surface area contributed by atoms with E-state index in [0.717, 1.165) is 32.8 Å². The number of anilines is 1. The highest BCUT2D eigenvalue weighted by Crippen LogP contribution is 2.10. The largest absolute Gasteiger partial charge is 0.379 e. The maximum atomic E-state index is 11.8. The number of amides is 1. The van der Waals surface area contributed by atoms with E-state index in [1.54, 1.807) is 5.38 Å². The number of aromatic nitrogens is 1. The van der Waals surface area contributed by atoms with Gasteiger partial charge in [-0.05, 0) is 6.92 Å². The molecule has 0 saturated carbocycles. The van der Waals surface area contributed by atoms with E-state index < -0.39 is 0 Å². The van der Waals surface area contributed by atoms with Gasteiger partial charge in [0.15, 0.2) is 5.13 Å². The molecular formula is C11H18N4O2S. The van der Waals surface area contributed by atoms with Gasteiger partial charge in [0.2, 0.25) is 0 Å². The van der Waals surface area contributed by atoms with Crippen LogP contribution < -0.4 is 11.1 Å². The number of nitrogen functional groups attached to an aromatic ring is 1. The number of hydrogen-bond acceptors (Lipinski definition) is 6. The summed E-state index contributed by atoms with van der Waals surface area (Å²) >= 11 is 1.27. The number of nitrogens with two attached hydrogens (primary N) is 1. The van der Waals surface area contributed by atoms with Crippen molar-refractivity contribution in [3.63, 3.8) is 0 Å². The van der Waals surface area contributed by atoms with E-state index in [1.165, 1.54) is 11.3 Å². The van der Waals surface area contributed by atoms with Gasteiger partial charge in [-0.2, -0.15) is 0 Å². The Balaban J connectivity index is 1.79. The molecule has 6 nitrogen and oxygen atoms in total. The molecule has 0 aliphatic carbocycles. The van der Waals surface area contributed by atoms with E-state index in [-0.39, 0.29) is 11.9 Å². The molecule has 18 heavy (non-hydrogen) atoms. The van der Waals surface area contributed by atoms with E-state index in [1.807, 2.05) is 6.92 Å². The zero-order chi connectivity index (χ0) is 13.0. The summed E-state index contributed by atoms with van der Waals surface area (Å²) in [6.45, 7) is 6.19. The van der Waals surface area contributed by atoms with Gasteiger partial charge < -0.3 is 15.8 Å². The van der Waals surface area contributed by atoms with Crippen molar-refractivity contribution in [1.29, 1.82) is 0 Å². The Labute approximate surface area is 110 Å². The standard InChI is InChI=1S/C11H18N4O2S/c1-8(6-15-2-4-17-5-3-15)13-10(16)9-7-18-11(12)14-9/h7-8H,2-6H2,1H3,(H2,12,14)(H,13,16). The topological polar surface area (TPSA) is 80.5 Å². The predicted octanol–water partition coefficient (Wildman–Crippen LogP) is 0.176. The summed E-state index contributed by atoms with van der Waals surface area (Å²) in [6.07, 6.45) is 0. The van der Waals surface area contributed by atoms with Crippen LogP contribution in [0.2, 0.25) is 0 Å². The fourth-order valence-electron chi connectivity index (χ4n) is 1.91. The molecule has 1 aromatic heterocycles. The number of morpholine rings is 1. The third kappa shape index (κ3) is 3.66. The summed E-state index contributed by atoms with van der Waals surface area (Å²) in [6, 6.07) is 0.0820. The summed E-state index contributed by atoms with van der Waals surface area (Å²) in [5.41, 5.74) is 5.90. The highest BCUT2D eigenvalue weighted by atomic mass is 32.1. The van der Waals surface area contributed by atoms with Gasteiger partial charge in [0.1, 0.15) is 5.69 Å². The Morgan fingerprint density at radius 1 is 1.67 bits per heavy atom. The summed E-state index contributed by atoms with van der Waals surface area (Å²) in [5.74, 6) is -0.163. The number of carbonyl (C=O) groups excluding carboxylic acids is 1. The van der Waals surface area contributed by atoms with Crippen molar-refractivity contribution in [3.8, 4) is 0 Å². The number of rotatable bonds is 4. The lowest BCUT2D eigenvalue weighted by molar-refractivity contribution is 0.0342.